The van der Waals surface area contributed by atoms with Crippen molar-refractivity contribution < 1.29 is 5.11 Å². The third-order valence-electron chi connectivity index (χ3n) is 2.89. The van der Waals surface area contributed by atoms with E-state index in [0.29, 0.717) is 5.92 Å². The molecular weight excluding hydrogens is 190 g/mol. The Balaban J connectivity index is 2.74. The number of aryl methyl sites for hydroxylation is 1. The van der Waals surface area contributed by atoms with Crippen LogP contribution in [0, 0.1) is 11.8 Å². The van der Waals surface area contributed by atoms with Crippen LogP contribution in [-0.4, -0.2) is 26.0 Å². The van der Waals surface area contributed by atoms with Gasteiger partial charge in [0.15, 0.2) is 0 Å². The maximum Gasteiger partial charge on any atom is 0.138 e. The molecule has 4 nitrogen and oxygen atoms in total. The summed E-state index contributed by atoms with van der Waals surface area (Å²) in [5.74, 6) is 1.67. The summed E-state index contributed by atoms with van der Waals surface area (Å²) in [6.45, 7) is 8.98. The Kier molecular flexibility index (Phi) is 4.27. The van der Waals surface area contributed by atoms with E-state index < -0.39 is 0 Å². The van der Waals surface area contributed by atoms with Crippen molar-refractivity contribution in [2.75, 3.05) is 0 Å². The quantitative estimate of drug-likeness (QED) is 0.803. The van der Waals surface area contributed by atoms with Gasteiger partial charge in [-0.1, -0.05) is 13.8 Å². The van der Waals surface area contributed by atoms with Crippen molar-refractivity contribution in [3.63, 3.8) is 0 Å². The molecule has 0 aliphatic heterocycles. The zero-order valence-corrected chi connectivity index (χ0v) is 10.0. The van der Waals surface area contributed by atoms with Crippen LogP contribution in [0.2, 0.25) is 0 Å². The minimum absolute atomic E-state index is 0.250. The van der Waals surface area contributed by atoms with Gasteiger partial charge in [0.1, 0.15) is 12.2 Å². The maximum absolute atomic E-state index is 9.69. The smallest absolute Gasteiger partial charge is 0.138 e. The lowest BCUT2D eigenvalue weighted by Gasteiger charge is -2.23. The largest absolute Gasteiger partial charge is 0.393 e. The number of aliphatic hydroxyl groups is 1. The predicted octanol–water partition coefficient (Wildman–Crippen LogP) is 1.49. The first-order valence-corrected chi connectivity index (χ1v) is 5.61. The lowest BCUT2D eigenvalue weighted by atomic mass is 9.88. The highest BCUT2D eigenvalue weighted by Crippen LogP contribution is 2.19. The standard InChI is InChI=1S/C11H21N3O/c1-5-14-11(12-7-13-14)6-10(8(2)3)9(4)15/h7-10,15H,5-6H2,1-4H3. The normalized spacial score (nSPS) is 15.6. The van der Waals surface area contributed by atoms with E-state index in [1.807, 2.05) is 18.5 Å². The monoisotopic (exact) mass is 211 g/mol. The van der Waals surface area contributed by atoms with E-state index in [4.69, 9.17) is 0 Å². The van der Waals surface area contributed by atoms with Gasteiger partial charge < -0.3 is 5.11 Å². The van der Waals surface area contributed by atoms with Gasteiger partial charge in [-0.05, 0) is 25.7 Å². The highest BCUT2D eigenvalue weighted by atomic mass is 16.3. The molecule has 1 heterocycles. The summed E-state index contributed by atoms with van der Waals surface area (Å²) < 4.78 is 1.89. The Morgan fingerprint density at radius 3 is 2.53 bits per heavy atom. The molecule has 0 saturated heterocycles. The van der Waals surface area contributed by atoms with Gasteiger partial charge in [-0.3, -0.25) is 4.68 Å². The highest BCUT2D eigenvalue weighted by Gasteiger charge is 2.21. The molecule has 0 radical (unpaired) electrons. The number of nitrogens with zero attached hydrogens (tertiary/aromatic N) is 3. The van der Waals surface area contributed by atoms with Crippen molar-refractivity contribution in [2.24, 2.45) is 11.8 Å². The van der Waals surface area contributed by atoms with Crippen molar-refractivity contribution in [3.8, 4) is 0 Å². The van der Waals surface area contributed by atoms with E-state index in [-0.39, 0.29) is 12.0 Å². The minimum Gasteiger partial charge on any atom is -0.393 e. The van der Waals surface area contributed by atoms with E-state index in [1.165, 1.54) is 0 Å². The van der Waals surface area contributed by atoms with Gasteiger partial charge in [-0.25, -0.2) is 4.98 Å². The summed E-state index contributed by atoms with van der Waals surface area (Å²) in [5, 5.41) is 13.8. The first kappa shape index (κ1) is 12.2. The Bertz CT molecular complexity index is 286. The first-order valence-electron chi connectivity index (χ1n) is 5.61. The Morgan fingerprint density at radius 1 is 1.40 bits per heavy atom. The highest BCUT2D eigenvalue weighted by molar-refractivity contribution is 4.89. The summed E-state index contributed by atoms with van der Waals surface area (Å²) in [6, 6.07) is 0. The molecule has 1 aromatic heterocycles. The fraction of sp³-hybridized carbons (Fsp3) is 0.818. The molecule has 4 heteroatoms. The van der Waals surface area contributed by atoms with Crippen LogP contribution in [0.15, 0.2) is 6.33 Å². The number of hydrogen-bond acceptors (Lipinski definition) is 3. The van der Waals surface area contributed by atoms with Crippen LogP contribution in [-0.2, 0) is 13.0 Å². The summed E-state index contributed by atoms with van der Waals surface area (Å²) in [7, 11) is 0. The fourth-order valence-corrected chi connectivity index (χ4v) is 1.88. The molecule has 2 unspecified atom stereocenters. The van der Waals surface area contributed by atoms with E-state index in [1.54, 1.807) is 6.33 Å². The van der Waals surface area contributed by atoms with Crippen molar-refractivity contribution in [1.82, 2.24) is 14.8 Å². The maximum atomic E-state index is 9.69. The molecule has 0 amide bonds. The molecule has 0 spiro atoms. The molecular formula is C11H21N3O. The lowest BCUT2D eigenvalue weighted by Crippen LogP contribution is -2.26. The molecule has 0 saturated carbocycles. The van der Waals surface area contributed by atoms with Crippen molar-refractivity contribution >= 4 is 0 Å². The summed E-state index contributed by atoms with van der Waals surface area (Å²) in [4.78, 5) is 4.23. The third kappa shape index (κ3) is 3.02. The van der Waals surface area contributed by atoms with E-state index in [0.717, 1.165) is 18.8 Å². The number of rotatable bonds is 5. The van der Waals surface area contributed by atoms with Gasteiger partial charge in [-0.15, -0.1) is 0 Å². The number of aromatic nitrogens is 3. The van der Waals surface area contributed by atoms with Crippen LogP contribution in [0.25, 0.3) is 0 Å². The molecule has 0 aliphatic carbocycles. The van der Waals surface area contributed by atoms with Crippen LogP contribution < -0.4 is 0 Å². The Morgan fingerprint density at radius 2 is 2.07 bits per heavy atom. The van der Waals surface area contributed by atoms with Gasteiger partial charge in [0.2, 0.25) is 0 Å². The Labute approximate surface area is 91.3 Å². The fourth-order valence-electron chi connectivity index (χ4n) is 1.88. The molecule has 0 bridgehead atoms. The molecule has 1 rings (SSSR count). The molecule has 0 aromatic carbocycles. The van der Waals surface area contributed by atoms with Gasteiger partial charge >= 0.3 is 0 Å². The van der Waals surface area contributed by atoms with Gasteiger partial charge in [0, 0.05) is 13.0 Å². The molecule has 86 valence electrons. The average Bonchev–Trinajstić information content (AvgIpc) is 2.59. The summed E-state index contributed by atoms with van der Waals surface area (Å²) in [6.07, 6.45) is 2.08. The molecule has 1 aromatic rings. The minimum atomic E-state index is -0.299. The average molecular weight is 211 g/mol. The summed E-state index contributed by atoms with van der Waals surface area (Å²) >= 11 is 0. The van der Waals surface area contributed by atoms with Crippen LogP contribution in [0.5, 0.6) is 0 Å². The van der Waals surface area contributed by atoms with Crippen molar-refractivity contribution in [3.05, 3.63) is 12.2 Å². The van der Waals surface area contributed by atoms with Crippen LogP contribution in [0.3, 0.4) is 0 Å². The van der Waals surface area contributed by atoms with E-state index in [9.17, 15) is 5.11 Å². The second-order valence-corrected chi connectivity index (χ2v) is 4.34. The van der Waals surface area contributed by atoms with Gasteiger partial charge in [-0.2, -0.15) is 5.10 Å². The zero-order valence-electron chi connectivity index (χ0n) is 10.0. The summed E-state index contributed by atoms with van der Waals surface area (Å²) in [5.41, 5.74) is 0. The van der Waals surface area contributed by atoms with Crippen LogP contribution in [0.4, 0.5) is 0 Å². The van der Waals surface area contributed by atoms with Gasteiger partial charge in [0.25, 0.3) is 0 Å². The molecule has 0 aliphatic rings. The molecule has 0 fully saturated rings. The van der Waals surface area contributed by atoms with Gasteiger partial charge in [0.05, 0.1) is 6.10 Å². The van der Waals surface area contributed by atoms with E-state index in [2.05, 4.69) is 23.9 Å². The zero-order chi connectivity index (χ0) is 11.4. The second kappa shape index (κ2) is 5.26. The second-order valence-electron chi connectivity index (χ2n) is 4.34. The first-order chi connectivity index (χ1) is 7.06. The van der Waals surface area contributed by atoms with Crippen LogP contribution >= 0.6 is 0 Å². The molecule has 1 N–H and O–H groups in total. The van der Waals surface area contributed by atoms with E-state index >= 15 is 0 Å². The van der Waals surface area contributed by atoms with Crippen molar-refractivity contribution in [2.45, 2.75) is 46.8 Å². The topological polar surface area (TPSA) is 50.9 Å². The molecule has 2 atom stereocenters. The number of aliphatic hydroxyl groups excluding tert-OH is 1. The number of hydrogen-bond donors (Lipinski definition) is 1. The third-order valence-corrected chi connectivity index (χ3v) is 2.89. The Hall–Kier alpha value is -0.900. The lowest BCUT2D eigenvalue weighted by molar-refractivity contribution is 0.0956. The van der Waals surface area contributed by atoms with Crippen molar-refractivity contribution in [1.29, 1.82) is 0 Å². The van der Waals surface area contributed by atoms with Crippen LogP contribution in [0.1, 0.15) is 33.5 Å². The predicted molar refractivity (Wildman–Crippen MR) is 59.4 cm³/mol. The molecule has 15 heavy (non-hydrogen) atoms. The SMILES string of the molecule is CCn1ncnc1CC(C(C)C)C(C)O.